The number of hydrogen-bond donors (Lipinski definition) is 1. The number of pyridine rings is 1. The molecule has 6 nitrogen and oxygen atoms in total. The number of carbonyl (C=O) groups is 1. The summed E-state index contributed by atoms with van der Waals surface area (Å²) in [5.41, 5.74) is 2.12. The predicted molar refractivity (Wildman–Crippen MR) is 119 cm³/mol. The van der Waals surface area contributed by atoms with Crippen LogP contribution < -0.4 is 10.1 Å². The average Bonchev–Trinajstić information content (AvgIpc) is 3.30. The molecule has 0 radical (unpaired) electrons. The monoisotopic (exact) mass is 425 g/mol. The minimum absolute atomic E-state index is 0.0151. The Kier molecular flexibility index (Phi) is 8.20. The van der Waals surface area contributed by atoms with Crippen LogP contribution >= 0.6 is 11.3 Å². The third-order valence-electron chi connectivity index (χ3n) is 4.61. The van der Waals surface area contributed by atoms with E-state index < -0.39 is 0 Å². The highest BCUT2D eigenvalue weighted by Crippen LogP contribution is 2.27. The highest BCUT2D eigenvalue weighted by atomic mass is 32.1. The fourth-order valence-electron chi connectivity index (χ4n) is 3.14. The molecule has 3 aromatic rings. The summed E-state index contributed by atoms with van der Waals surface area (Å²) in [6, 6.07) is 13.9. The maximum atomic E-state index is 12.0. The fourth-order valence-corrected chi connectivity index (χ4v) is 3.88. The number of carbonyl (C=O) groups excluding carboxylic acids is 1. The number of benzene rings is 1. The first-order valence-corrected chi connectivity index (χ1v) is 11.0. The maximum absolute atomic E-state index is 12.0. The van der Waals surface area contributed by atoms with Crippen LogP contribution in [0.1, 0.15) is 35.5 Å². The van der Waals surface area contributed by atoms with Crippen LogP contribution in [0.4, 0.5) is 5.82 Å². The summed E-state index contributed by atoms with van der Waals surface area (Å²) < 4.78 is 11.0. The summed E-state index contributed by atoms with van der Waals surface area (Å²) in [4.78, 5) is 20.9. The third kappa shape index (κ3) is 6.56. The summed E-state index contributed by atoms with van der Waals surface area (Å²) in [6.45, 7) is 2.77. The van der Waals surface area contributed by atoms with Gasteiger partial charge in [-0.25, -0.2) is 9.97 Å². The molecule has 0 aliphatic rings. The molecule has 0 fully saturated rings. The van der Waals surface area contributed by atoms with Gasteiger partial charge in [-0.2, -0.15) is 0 Å². The molecule has 1 atom stereocenters. The van der Waals surface area contributed by atoms with E-state index in [1.165, 1.54) is 0 Å². The van der Waals surface area contributed by atoms with Crippen molar-refractivity contribution in [2.75, 3.05) is 25.6 Å². The molecule has 7 heteroatoms. The number of anilines is 1. The highest BCUT2D eigenvalue weighted by molar-refractivity contribution is 7.09. The van der Waals surface area contributed by atoms with Crippen LogP contribution in [0.2, 0.25) is 0 Å². The summed E-state index contributed by atoms with van der Waals surface area (Å²) in [6.07, 6.45) is 3.57. The van der Waals surface area contributed by atoms with Gasteiger partial charge in [0.1, 0.15) is 11.6 Å². The van der Waals surface area contributed by atoms with Crippen LogP contribution in [0, 0.1) is 0 Å². The Morgan fingerprint density at radius 1 is 1.20 bits per heavy atom. The lowest BCUT2D eigenvalue weighted by Crippen LogP contribution is -2.12. The summed E-state index contributed by atoms with van der Waals surface area (Å²) in [7, 11) is 1.86. The Morgan fingerprint density at radius 3 is 2.73 bits per heavy atom. The average molecular weight is 426 g/mol. The Hall–Kier alpha value is -2.93. The zero-order chi connectivity index (χ0) is 21.2. The molecule has 0 spiro atoms. The van der Waals surface area contributed by atoms with Crippen molar-refractivity contribution in [1.82, 2.24) is 9.97 Å². The van der Waals surface area contributed by atoms with E-state index in [9.17, 15) is 4.79 Å². The molecule has 0 amide bonds. The molecule has 0 aliphatic carbocycles. The van der Waals surface area contributed by atoms with E-state index in [1.807, 2.05) is 61.8 Å². The Bertz CT molecular complexity index is 914. The van der Waals surface area contributed by atoms with E-state index >= 15 is 0 Å². The van der Waals surface area contributed by atoms with Gasteiger partial charge < -0.3 is 14.8 Å². The molecule has 30 heavy (non-hydrogen) atoms. The van der Waals surface area contributed by atoms with Crippen molar-refractivity contribution in [2.45, 2.75) is 32.1 Å². The second kappa shape index (κ2) is 11.3. The van der Waals surface area contributed by atoms with Gasteiger partial charge in [0.2, 0.25) is 0 Å². The van der Waals surface area contributed by atoms with Crippen LogP contribution in [0.15, 0.2) is 54.0 Å². The SMILES string of the molecule is CCOC(=O)C[C@H](Cc1ccc(OCCc2cccc(NC)n2)cc1)c1nccs1. The number of aromatic nitrogens is 2. The van der Waals surface area contributed by atoms with E-state index in [4.69, 9.17) is 9.47 Å². The first kappa shape index (κ1) is 21.8. The molecule has 158 valence electrons. The number of ether oxygens (including phenoxy) is 2. The summed E-state index contributed by atoms with van der Waals surface area (Å²) >= 11 is 1.57. The normalized spacial score (nSPS) is 11.7. The molecule has 0 saturated heterocycles. The number of rotatable bonds is 11. The molecule has 1 aromatic carbocycles. The van der Waals surface area contributed by atoms with Crippen molar-refractivity contribution in [1.29, 1.82) is 0 Å². The second-order valence-electron chi connectivity index (χ2n) is 6.79. The number of esters is 1. The lowest BCUT2D eigenvalue weighted by molar-refractivity contribution is -0.143. The summed E-state index contributed by atoms with van der Waals surface area (Å²) in [5.74, 6) is 1.50. The Balaban J connectivity index is 1.55. The molecule has 0 unspecified atom stereocenters. The number of nitrogens with one attached hydrogen (secondary N) is 1. The Morgan fingerprint density at radius 2 is 2.03 bits per heavy atom. The van der Waals surface area contributed by atoms with Gasteiger partial charge in [0.15, 0.2) is 0 Å². The van der Waals surface area contributed by atoms with E-state index in [2.05, 4.69) is 15.3 Å². The van der Waals surface area contributed by atoms with Gasteiger partial charge in [-0.05, 0) is 43.2 Å². The van der Waals surface area contributed by atoms with Crippen molar-refractivity contribution in [3.05, 3.63) is 70.3 Å². The van der Waals surface area contributed by atoms with Crippen LogP contribution in [0.5, 0.6) is 5.75 Å². The molecule has 2 heterocycles. The van der Waals surface area contributed by atoms with Crippen molar-refractivity contribution < 1.29 is 14.3 Å². The van der Waals surface area contributed by atoms with E-state index in [-0.39, 0.29) is 11.9 Å². The maximum Gasteiger partial charge on any atom is 0.306 e. The first-order valence-electron chi connectivity index (χ1n) is 10.1. The van der Waals surface area contributed by atoms with Gasteiger partial charge in [-0.3, -0.25) is 4.79 Å². The highest BCUT2D eigenvalue weighted by Gasteiger charge is 2.20. The van der Waals surface area contributed by atoms with Gasteiger partial charge in [0.05, 0.1) is 24.6 Å². The number of hydrogen-bond acceptors (Lipinski definition) is 7. The van der Waals surface area contributed by atoms with Crippen molar-refractivity contribution in [3.63, 3.8) is 0 Å². The quantitative estimate of drug-likeness (QED) is 0.457. The molecule has 0 bridgehead atoms. The largest absolute Gasteiger partial charge is 0.493 e. The molecule has 0 saturated carbocycles. The van der Waals surface area contributed by atoms with Crippen LogP contribution in [-0.4, -0.2) is 36.2 Å². The van der Waals surface area contributed by atoms with Crippen LogP contribution in [0.25, 0.3) is 0 Å². The molecular weight excluding hydrogens is 398 g/mol. The number of thiazole rings is 1. The lowest BCUT2D eigenvalue weighted by Gasteiger charge is -2.14. The van der Waals surface area contributed by atoms with Gasteiger partial charge in [-0.15, -0.1) is 11.3 Å². The van der Waals surface area contributed by atoms with Crippen LogP contribution in [-0.2, 0) is 22.4 Å². The summed E-state index contributed by atoms with van der Waals surface area (Å²) in [5, 5.41) is 5.94. The molecule has 2 aromatic heterocycles. The van der Waals surface area contributed by atoms with Gasteiger partial charge in [0, 0.05) is 36.7 Å². The minimum Gasteiger partial charge on any atom is -0.493 e. The third-order valence-corrected chi connectivity index (χ3v) is 5.55. The van der Waals surface area contributed by atoms with E-state index in [0.717, 1.165) is 40.7 Å². The Labute approximate surface area is 181 Å². The van der Waals surface area contributed by atoms with Crippen LogP contribution in [0.3, 0.4) is 0 Å². The van der Waals surface area contributed by atoms with Gasteiger partial charge in [0.25, 0.3) is 0 Å². The van der Waals surface area contributed by atoms with Gasteiger partial charge in [-0.1, -0.05) is 18.2 Å². The van der Waals surface area contributed by atoms with E-state index in [0.29, 0.717) is 19.6 Å². The van der Waals surface area contributed by atoms with Crippen molar-refractivity contribution >= 4 is 23.1 Å². The topological polar surface area (TPSA) is 73.3 Å². The lowest BCUT2D eigenvalue weighted by atomic mass is 9.96. The standard InChI is InChI=1S/C23H27N3O3S/c1-3-28-22(27)16-18(23-25-12-14-30-23)15-17-7-9-20(10-8-17)29-13-11-19-5-4-6-21(24-2)26-19/h4-10,12,14,18H,3,11,13,15-16H2,1-2H3,(H,24,26)/t18-/m0/s1. The fraction of sp³-hybridized carbons (Fsp3) is 0.348. The van der Waals surface area contributed by atoms with Gasteiger partial charge >= 0.3 is 5.97 Å². The molecule has 3 rings (SSSR count). The van der Waals surface area contributed by atoms with Crippen molar-refractivity contribution in [2.24, 2.45) is 0 Å². The molecular formula is C23H27N3O3S. The molecule has 1 N–H and O–H groups in total. The zero-order valence-electron chi connectivity index (χ0n) is 17.3. The van der Waals surface area contributed by atoms with E-state index in [1.54, 1.807) is 17.5 Å². The number of nitrogens with zero attached hydrogens (tertiary/aromatic N) is 2. The smallest absolute Gasteiger partial charge is 0.306 e. The molecule has 0 aliphatic heterocycles. The minimum atomic E-state index is -0.186. The second-order valence-corrected chi connectivity index (χ2v) is 7.71. The predicted octanol–water partition coefficient (Wildman–Crippen LogP) is 4.48. The zero-order valence-corrected chi connectivity index (χ0v) is 18.2. The van der Waals surface area contributed by atoms with Crippen molar-refractivity contribution in [3.8, 4) is 5.75 Å². The first-order chi connectivity index (χ1) is 14.7.